The third-order valence-corrected chi connectivity index (χ3v) is 4.81. The Kier molecular flexibility index (Phi) is 6.40. The Labute approximate surface area is 154 Å². The van der Waals surface area contributed by atoms with Crippen LogP contribution in [0.15, 0.2) is 24.4 Å². The van der Waals surface area contributed by atoms with Crippen molar-refractivity contribution in [3.8, 4) is 0 Å². The van der Waals surface area contributed by atoms with Crippen molar-refractivity contribution in [2.24, 2.45) is 0 Å². The first kappa shape index (κ1) is 18.6. The van der Waals surface area contributed by atoms with Crippen LogP contribution in [0.25, 0.3) is 0 Å². The largest absolute Gasteiger partial charge is 0.366 e. The van der Waals surface area contributed by atoms with Crippen molar-refractivity contribution >= 4 is 17.6 Å². The van der Waals surface area contributed by atoms with Gasteiger partial charge in [-0.3, -0.25) is 9.59 Å². The first-order valence-electron chi connectivity index (χ1n) is 9.15. The van der Waals surface area contributed by atoms with Gasteiger partial charge in [0.15, 0.2) is 0 Å². The standard InChI is InChI=1S/C18H27N5O3/c1-21-12-13-26-15(14-21)18(25)20-7-5-17(24)23-10-8-22(9-11-23)16-4-2-3-6-19-16/h2-4,6,15H,5,7-14H2,1H3,(H,20,25). The third kappa shape index (κ3) is 4.92. The van der Waals surface area contributed by atoms with Crippen molar-refractivity contribution in [2.45, 2.75) is 12.5 Å². The summed E-state index contributed by atoms with van der Waals surface area (Å²) in [6.07, 6.45) is 1.66. The van der Waals surface area contributed by atoms with Gasteiger partial charge in [-0.05, 0) is 19.2 Å². The lowest BCUT2D eigenvalue weighted by Crippen LogP contribution is -2.50. The van der Waals surface area contributed by atoms with Gasteiger partial charge in [0.05, 0.1) is 6.61 Å². The molecule has 26 heavy (non-hydrogen) atoms. The van der Waals surface area contributed by atoms with Crippen molar-refractivity contribution in [1.82, 2.24) is 20.1 Å². The predicted octanol–water partition coefficient (Wildman–Crippen LogP) is -0.433. The number of amides is 2. The Balaban J connectivity index is 1.36. The van der Waals surface area contributed by atoms with Crippen molar-refractivity contribution in [1.29, 1.82) is 0 Å². The minimum atomic E-state index is -0.439. The molecular formula is C18H27N5O3. The molecule has 1 aromatic rings. The molecule has 3 rings (SSSR count). The fourth-order valence-electron chi connectivity index (χ4n) is 3.23. The average Bonchev–Trinajstić information content (AvgIpc) is 2.68. The van der Waals surface area contributed by atoms with Crippen molar-refractivity contribution in [2.75, 3.05) is 64.4 Å². The number of morpholine rings is 1. The quantitative estimate of drug-likeness (QED) is 0.767. The number of aromatic nitrogens is 1. The maximum Gasteiger partial charge on any atom is 0.250 e. The molecule has 1 unspecified atom stereocenters. The molecule has 8 nitrogen and oxygen atoms in total. The van der Waals surface area contributed by atoms with Crippen molar-refractivity contribution in [3.05, 3.63) is 24.4 Å². The number of pyridine rings is 1. The topological polar surface area (TPSA) is 78.0 Å². The molecule has 1 aromatic heterocycles. The molecule has 2 aliphatic heterocycles. The summed E-state index contributed by atoms with van der Waals surface area (Å²) in [6.45, 7) is 5.26. The highest BCUT2D eigenvalue weighted by atomic mass is 16.5. The van der Waals surface area contributed by atoms with Crippen LogP contribution < -0.4 is 10.2 Å². The lowest BCUT2D eigenvalue weighted by atomic mass is 10.2. The minimum absolute atomic E-state index is 0.0765. The van der Waals surface area contributed by atoms with Gasteiger partial charge in [0.2, 0.25) is 11.8 Å². The molecule has 142 valence electrons. The molecule has 1 atom stereocenters. The molecule has 2 amide bonds. The van der Waals surface area contributed by atoms with Crippen LogP contribution in [-0.2, 0) is 14.3 Å². The molecule has 2 fully saturated rings. The number of carbonyl (C=O) groups excluding carboxylic acids is 2. The van der Waals surface area contributed by atoms with Crippen LogP contribution in [0, 0.1) is 0 Å². The molecule has 1 N–H and O–H groups in total. The SMILES string of the molecule is CN1CCOC(C(=O)NCCC(=O)N2CCN(c3ccccn3)CC2)C1. The number of hydrogen-bond acceptors (Lipinski definition) is 6. The number of nitrogens with one attached hydrogen (secondary N) is 1. The van der Waals surface area contributed by atoms with E-state index < -0.39 is 6.10 Å². The first-order chi connectivity index (χ1) is 12.6. The molecule has 3 heterocycles. The van der Waals surface area contributed by atoms with Crippen LogP contribution in [0.2, 0.25) is 0 Å². The van der Waals surface area contributed by atoms with E-state index in [0.29, 0.717) is 39.2 Å². The lowest BCUT2D eigenvalue weighted by molar-refractivity contribution is -0.138. The van der Waals surface area contributed by atoms with Crippen LogP contribution in [-0.4, -0.2) is 92.2 Å². The molecule has 8 heteroatoms. The van der Waals surface area contributed by atoms with Gasteiger partial charge in [0.1, 0.15) is 11.9 Å². The second-order valence-electron chi connectivity index (χ2n) is 6.72. The van der Waals surface area contributed by atoms with E-state index in [9.17, 15) is 9.59 Å². The summed E-state index contributed by atoms with van der Waals surface area (Å²) in [5.41, 5.74) is 0. The summed E-state index contributed by atoms with van der Waals surface area (Å²) in [5.74, 6) is 0.890. The van der Waals surface area contributed by atoms with E-state index in [-0.39, 0.29) is 11.8 Å². The van der Waals surface area contributed by atoms with E-state index in [1.165, 1.54) is 0 Å². The van der Waals surface area contributed by atoms with Gasteiger partial charge in [-0.15, -0.1) is 0 Å². The van der Waals surface area contributed by atoms with E-state index in [2.05, 4.69) is 20.1 Å². The maximum absolute atomic E-state index is 12.4. The van der Waals surface area contributed by atoms with Gasteiger partial charge in [-0.1, -0.05) is 6.07 Å². The minimum Gasteiger partial charge on any atom is -0.366 e. The summed E-state index contributed by atoms with van der Waals surface area (Å²) >= 11 is 0. The fraction of sp³-hybridized carbons (Fsp3) is 0.611. The van der Waals surface area contributed by atoms with Gasteiger partial charge in [-0.2, -0.15) is 0 Å². The smallest absolute Gasteiger partial charge is 0.250 e. The molecule has 0 spiro atoms. The van der Waals surface area contributed by atoms with Gasteiger partial charge in [0.25, 0.3) is 0 Å². The number of rotatable bonds is 5. The molecule has 2 saturated heterocycles. The average molecular weight is 361 g/mol. The van der Waals surface area contributed by atoms with Crippen molar-refractivity contribution in [3.63, 3.8) is 0 Å². The Morgan fingerprint density at radius 1 is 1.23 bits per heavy atom. The van der Waals surface area contributed by atoms with E-state index in [4.69, 9.17) is 4.74 Å². The second kappa shape index (κ2) is 8.95. The van der Waals surface area contributed by atoms with Crippen LogP contribution in [0.4, 0.5) is 5.82 Å². The Morgan fingerprint density at radius 2 is 2.04 bits per heavy atom. The van der Waals surface area contributed by atoms with Gasteiger partial charge >= 0.3 is 0 Å². The highest BCUT2D eigenvalue weighted by Crippen LogP contribution is 2.13. The molecule has 2 aliphatic rings. The predicted molar refractivity (Wildman–Crippen MR) is 97.9 cm³/mol. The van der Waals surface area contributed by atoms with E-state index in [0.717, 1.165) is 25.5 Å². The number of piperazine rings is 1. The van der Waals surface area contributed by atoms with Gasteiger partial charge < -0.3 is 24.8 Å². The molecule has 0 aliphatic carbocycles. The molecular weight excluding hydrogens is 334 g/mol. The number of ether oxygens (including phenoxy) is 1. The van der Waals surface area contributed by atoms with E-state index >= 15 is 0 Å². The second-order valence-corrected chi connectivity index (χ2v) is 6.72. The molecule has 0 radical (unpaired) electrons. The zero-order valence-corrected chi connectivity index (χ0v) is 15.3. The number of nitrogens with zero attached hydrogens (tertiary/aromatic N) is 4. The summed E-state index contributed by atoms with van der Waals surface area (Å²) in [5, 5.41) is 2.82. The highest BCUT2D eigenvalue weighted by molar-refractivity contribution is 5.82. The normalized spacial score (nSPS) is 21.5. The first-order valence-corrected chi connectivity index (χ1v) is 9.15. The number of likely N-dealkylation sites (N-methyl/N-ethyl adjacent to an activating group) is 1. The monoisotopic (exact) mass is 361 g/mol. The van der Waals surface area contributed by atoms with E-state index in [1.54, 1.807) is 6.20 Å². The lowest BCUT2D eigenvalue weighted by Gasteiger charge is -2.35. The van der Waals surface area contributed by atoms with Gasteiger partial charge in [0, 0.05) is 58.4 Å². The Bertz CT molecular complexity index is 604. The van der Waals surface area contributed by atoms with Crippen molar-refractivity contribution < 1.29 is 14.3 Å². The zero-order valence-electron chi connectivity index (χ0n) is 15.3. The number of anilines is 1. The summed E-state index contributed by atoms with van der Waals surface area (Å²) < 4.78 is 5.48. The fourth-order valence-corrected chi connectivity index (χ4v) is 3.23. The Hall–Kier alpha value is -2.19. The third-order valence-electron chi connectivity index (χ3n) is 4.81. The summed E-state index contributed by atoms with van der Waals surface area (Å²) in [4.78, 5) is 34.9. The van der Waals surface area contributed by atoms with Crippen LogP contribution in [0.5, 0.6) is 0 Å². The molecule has 0 bridgehead atoms. The molecule has 0 saturated carbocycles. The highest BCUT2D eigenvalue weighted by Gasteiger charge is 2.25. The number of carbonyl (C=O) groups is 2. The van der Waals surface area contributed by atoms with Crippen LogP contribution in [0.3, 0.4) is 0 Å². The van der Waals surface area contributed by atoms with E-state index in [1.807, 2.05) is 30.1 Å². The zero-order chi connectivity index (χ0) is 18.4. The molecule has 0 aromatic carbocycles. The summed E-state index contributed by atoms with van der Waals surface area (Å²) in [7, 11) is 1.97. The summed E-state index contributed by atoms with van der Waals surface area (Å²) in [6, 6.07) is 5.85. The van der Waals surface area contributed by atoms with Crippen LogP contribution >= 0.6 is 0 Å². The number of hydrogen-bond donors (Lipinski definition) is 1. The Morgan fingerprint density at radius 3 is 2.73 bits per heavy atom. The van der Waals surface area contributed by atoms with Crippen LogP contribution in [0.1, 0.15) is 6.42 Å². The maximum atomic E-state index is 12.4. The van der Waals surface area contributed by atoms with Gasteiger partial charge in [-0.25, -0.2) is 4.98 Å².